The van der Waals surface area contributed by atoms with Crippen molar-refractivity contribution in [2.75, 3.05) is 0 Å². The topological polar surface area (TPSA) is 47.6 Å². The lowest BCUT2D eigenvalue weighted by Crippen LogP contribution is -1.84. The van der Waals surface area contributed by atoms with Crippen LogP contribution in [0.2, 0.25) is 0 Å². The van der Waals surface area contributed by atoms with Crippen LogP contribution in [0.4, 0.5) is 0 Å². The van der Waals surface area contributed by atoms with Crippen molar-refractivity contribution in [2.45, 2.75) is 32.6 Å². The van der Waals surface area contributed by atoms with Gasteiger partial charge in [0.1, 0.15) is 17.7 Å². The first-order chi connectivity index (χ1) is 9.30. The van der Waals surface area contributed by atoms with E-state index in [1.807, 2.05) is 48.5 Å². The van der Waals surface area contributed by atoms with Gasteiger partial charge in [-0.2, -0.15) is 10.5 Å². The highest BCUT2D eigenvalue weighted by Gasteiger charge is 1.99. The highest BCUT2D eigenvalue weighted by atomic mass is 14.3. The van der Waals surface area contributed by atoms with Crippen molar-refractivity contribution in [3.05, 3.63) is 53.1 Å². The minimum atomic E-state index is 0.165. The van der Waals surface area contributed by atoms with E-state index in [2.05, 4.69) is 6.92 Å². The van der Waals surface area contributed by atoms with E-state index in [-0.39, 0.29) is 5.57 Å². The van der Waals surface area contributed by atoms with E-state index < -0.39 is 0 Å². The van der Waals surface area contributed by atoms with E-state index in [0.717, 1.165) is 36.8 Å². The van der Waals surface area contributed by atoms with E-state index in [1.54, 1.807) is 6.08 Å². The quantitative estimate of drug-likeness (QED) is 0.420. The second kappa shape index (κ2) is 8.72. The average Bonchev–Trinajstić information content (AvgIpc) is 2.45. The molecule has 0 radical (unpaired) electrons. The predicted octanol–water partition coefficient (Wildman–Crippen LogP) is 4.62. The number of rotatable bonds is 6. The number of hydrogen-bond acceptors (Lipinski definition) is 2. The predicted molar refractivity (Wildman–Crippen MR) is 77.9 cm³/mol. The first kappa shape index (κ1) is 14.7. The highest BCUT2D eigenvalue weighted by molar-refractivity contribution is 5.58. The van der Waals surface area contributed by atoms with Crippen LogP contribution >= 0.6 is 0 Å². The molecular formula is C17H18N2. The molecule has 0 bridgehead atoms. The van der Waals surface area contributed by atoms with E-state index in [4.69, 9.17) is 10.5 Å². The Morgan fingerprint density at radius 1 is 1.11 bits per heavy atom. The molecule has 2 heteroatoms. The van der Waals surface area contributed by atoms with Crippen LogP contribution in [0.1, 0.15) is 38.2 Å². The molecular weight excluding hydrogens is 232 g/mol. The van der Waals surface area contributed by atoms with Crippen molar-refractivity contribution in [1.29, 1.82) is 10.5 Å². The van der Waals surface area contributed by atoms with Gasteiger partial charge in [0.15, 0.2) is 0 Å². The lowest BCUT2D eigenvalue weighted by Gasteiger charge is -2.02. The Bertz CT molecular complexity index is 509. The molecule has 1 aromatic rings. The zero-order valence-electron chi connectivity index (χ0n) is 11.3. The Kier molecular flexibility index (Phi) is 6.77. The summed E-state index contributed by atoms with van der Waals surface area (Å²) in [6.07, 6.45) is 8.04. The Hall–Kier alpha value is -2.32. The molecule has 0 fully saturated rings. The van der Waals surface area contributed by atoms with Crippen molar-refractivity contribution in [2.24, 2.45) is 0 Å². The molecule has 0 spiro atoms. The Morgan fingerprint density at radius 2 is 1.79 bits per heavy atom. The van der Waals surface area contributed by atoms with Gasteiger partial charge in [0, 0.05) is 0 Å². The van der Waals surface area contributed by atoms with Gasteiger partial charge in [-0.15, -0.1) is 0 Å². The van der Waals surface area contributed by atoms with Crippen molar-refractivity contribution < 1.29 is 0 Å². The van der Waals surface area contributed by atoms with Gasteiger partial charge >= 0.3 is 0 Å². The molecule has 0 heterocycles. The molecule has 0 unspecified atom stereocenters. The Balaban J connectivity index is 2.93. The minimum Gasteiger partial charge on any atom is -0.192 e. The number of nitriles is 2. The highest BCUT2D eigenvalue weighted by Crippen LogP contribution is 2.16. The molecule has 0 atom stereocenters. The summed E-state index contributed by atoms with van der Waals surface area (Å²) < 4.78 is 0. The van der Waals surface area contributed by atoms with E-state index in [1.165, 1.54) is 0 Å². The standard InChI is InChI=1S/C17H18N2/c1-2-3-5-10-16(12-17(13-18)14-19)11-15-8-6-4-7-9-15/h4,6-9,11-12H,2-3,5,10H2,1H3. The van der Waals surface area contributed by atoms with E-state index >= 15 is 0 Å². The number of nitrogens with zero attached hydrogens (tertiary/aromatic N) is 2. The molecule has 1 aromatic carbocycles. The van der Waals surface area contributed by atoms with Gasteiger partial charge in [-0.25, -0.2) is 0 Å². The molecule has 0 amide bonds. The lowest BCUT2D eigenvalue weighted by atomic mass is 10.0. The largest absolute Gasteiger partial charge is 0.192 e. The van der Waals surface area contributed by atoms with E-state index in [9.17, 15) is 0 Å². The van der Waals surface area contributed by atoms with Gasteiger partial charge in [0.25, 0.3) is 0 Å². The van der Waals surface area contributed by atoms with Crippen LogP contribution in [0.5, 0.6) is 0 Å². The van der Waals surface area contributed by atoms with Crippen LogP contribution in [0.25, 0.3) is 6.08 Å². The number of hydrogen-bond donors (Lipinski definition) is 0. The third kappa shape index (κ3) is 5.70. The molecule has 0 aliphatic rings. The lowest BCUT2D eigenvalue weighted by molar-refractivity contribution is 0.720. The van der Waals surface area contributed by atoms with Crippen molar-refractivity contribution >= 4 is 6.08 Å². The zero-order valence-corrected chi connectivity index (χ0v) is 11.3. The second-order valence-electron chi connectivity index (χ2n) is 4.37. The fourth-order valence-corrected chi connectivity index (χ4v) is 1.80. The first-order valence-corrected chi connectivity index (χ1v) is 6.57. The monoisotopic (exact) mass is 250 g/mol. The summed E-state index contributed by atoms with van der Waals surface area (Å²) in [5.41, 5.74) is 2.30. The molecule has 19 heavy (non-hydrogen) atoms. The molecule has 0 aliphatic carbocycles. The Morgan fingerprint density at radius 3 is 2.37 bits per heavy atom. The van der Waals surface area contributed by atoms with Crippen molar-refractivity contribution in [3.8, 4) is 12.1 Å². The summed E-state index contributed by atoms with van der Waals surface area (Å²) in [4.78, 5) is 0. The molecule has 0 N–H and O–H groups in total. The fourth-order valence-electron chi connectivity index (χ4n) is 1.80. The first-order valence-electron chi connectivity index (χ1n) is 6.57. The van der Waals surface area contributed by atoms with Gasteiger partial charge in [-0.3, -0.25) is 0 Å². The van der Waals surface area contributed by atoms with Gasteiger partial charge in [0.05, 0.1) is 0 Å². The van der Waals surface area contributed by atoms with Gasteiger partial charge in [0.2, 0.25) is 0 Å². The Labute approximate surface area is 115 Å². The number of allylic oxidation sites excluding steroid dienone is 3. The van der Waals surface area contributed by atoms with Crippen LogP contribution in [-0.4, -0.2) is 0 Å². The summed E-state index contributed by atoms with van der Waals surface area (Å²) in [5.74, 6) is 0. The van der Waals surface area contributed by atoms with Crippen LogP contribution in [0.15, 0.2) is 47.6 Å². The van der Waals surface area contributed by atoms with E-state index in [0.29, 0.717) is 0 Å². The molecule has 2 nitrogen and oxygen atoms in total. The molecule has 96 valence electrons. The molecule has 0 aromatic heterocycles. The zero-order chi connectivity index (χ0) is 13.9. The summed E-state index contributed by atoms with van der Waals surface area (Å²) in [6.45, 7) is 2.16. The normalized spacial score (nSPS) is 10.4. The molecule has 1 rings (SSSR count). The van der Waals surface area contributed by atoms with Crippen molar-refractivity contribution in [3.63, 3.8) is 0 Å². The van der Waals surface area contributed by atoms with Crippen LogP contribution in [0.3, 0.4) is 0 Å². The summed E-state index contributed by atoms with van der Waals surface area (Å²) in [5, 5.41) is 17.7. The third-order valence-corrected chi connectivity index (χ3v) is 2.79. The minimum absolute atomic E-state index is 0.165. The molecule has 0 aliphatic heterocycles. The maximum atomic E-state index is 8.84. The van der Waals surface area contributed by atoms with Gasteiger partial charge in [-0.1, -0.05) is 56.2 Å². The maximum Gasteiger partial charge on any atom is 0.129 e. The SMILES string of the molecule is CCCCCC(C=C(C#N)C#N)=Cc1ccccc1. The second-order valence-corrected chi connectivity index (χ2v) is 4.37. The molecule has 0 saturated heterocycles. The summed E-state index contributed by atoms with van der Waals surface area (Å²) in [6, 6.07) is 13.8. The summed E-state index contributed by atoms with van der Waals surface area (Å²) in [7, 11) is 0. The average molecular weight is 250 g/mol. The third-order valence-electron chi connectivity index (χ3n) is 2.79. The molecule has 0 saturated carbocycles. The smallest absolute Gasteiger partial charge is 0.129 e. The van der Waals surface area contributed by atoms with Crippen LogP contribution in [0, 0.1) is 22.7 Å². The number of benzene rings is 1. The van der Waals surface area contributed by atoms with Gasteiger partial charge in [-0.05, 0) is 30.1 Å². The fraction of sp³-hybridized carbons (Fsp3) is 0.294. The number of unbranched alkanes of at least 4 members (excludes halogenated alkanes) is 2. The summed E-state index contributed by atoms with van der Waals surface area (Å²) >= 11 is 0. The maximum absolute atomic E-state index is 8.84. The van der Waals surface area contributed by atoms with Gasteiger partial charge < -0.3 is 0 Å². The van der Waals surface area contributed by atoms with Crippen LogP contribution in [-0.2, 0) is 0 Å². The van der Waals surface area contributed by atoms with Crippen LogP contribution < -0.4 is 0 Å². The van der Waals surface area contributed by atoms with Crippen molar-refractivity contribution in [1.82, 2.24) is 0 Å².